The van der Waals surface area contributed by atoms with Crippen LogP contribution in [0.2, 0.25) is 0 Å². The largest absolute Gasteiger partial charge is 0.481 e. The van der Waals surface area contributed by atoms with Gasteiger partial charge < -0.3 is 21.5 Å². The maximum Gasteiger partial charge on any atom is 0.300 e. The van der Waals surface area contributed by atoms with Crippen molar-refractivity contribution in [2.45, 2.75) is 6.92 Å². The van der Waals surface area contributed by atoms with E-state index in [0.29, 0.717) is 0 Å². The first kappa shape index (κ1) is 38.4. The SMILES string of the molecule is CC(=O)O.O.O.O.[Lu]. The van der Waals surface area contributed by atoms with Crippen molar-refractivity contribution in [3.8, 4) is 0 Å². The van der Waals surface area contributed by atoms with Crippen LogP contribution in [-0.2, 0) is 4.79 Å². The van der Waals surface area contributed by atoms with Crippen molar-refractivity contribution in [1.29, 1.82) is 0 Å². The second-order valence-corrected chi connectivity index (χ2v) is 0.519. The van der Waals surface area contributed by atoms with Crippen LogP contribution in [0.15, 0.2) is 0 Å². The summed E-state index contributed by atoms with van der Waals surface area (Å²) in [4.78, 5) is 9.00. The van der Waals surface area contributed by atoms with Gasteiger partial charge >= 0.3 is 0 Å². The van der Waals surface area contributed by atoms with Crippen molar-refractivity contribution in [3.05, 3.63) is 0 Å². The number of hydrogen-bond acceptors (Lipinski definition) is 1. The Morgan fingerprint density at radius 3 is 1.25 bits per heavy atom. The third-order valence-corrected chi connectivity index (χ3v) is 0. The van der Waals surface area contributed by atoms with Gasteiger partial charge in [-0.15, -0.1) is 0 Å². The van der Waals surface area contributed by atoms with Crippen LogP contribution in [0, 0.1) is 36.9 Å². The summed E-state index contributed by atoms with van der Waals surface area (Å²) >= 11 is 0. The van der Waals surface area contributed by atoms with Crippen LogP contribution in [0.25, 0.3) is 0 Å². The zero-order valence-electron chi connectivity index (χ0n) is 4.11. The van der Waals surface area contributed by atoms with Crippen molar-refractivity contribution in [2.24, 2.45) is 0 Å². The topological polar surface area (TPSA) is 132 Å². The first-order chi connectivity index (χ1) is 1.73. The maximum atomic E-state index is 9.00. The molecule has 0 amide bonds. The number of carboxylic acids is 1. The Kier molecular flexibility index (Phi) is 123. The minimum atomic E-state index is -0.833. The monoisotopic (exact) mass is 289 g/mol. The van der Waals surface area contributed by atoms with Gasteiger partial charge in [-0.2, -0.15) is 0 Å². The van der Waals surface area contributed by atoms with Gasteiger partial charge in [-0.25, -0.2) is 0 Å². The van der Waals surface area contributed by atoms with Crippen molar-refractivity contribution in [2.75, 3.05) is 0 Å². The number of carbonyl (C=O) groups is 1. The normalized spacial score (nSPS) is 3.12. The Balaban J connectivity index is -0.00000000750. The zero-order chi connectivity index (χ0) is 3.58. The molecule has 0 aromatic heterocycles. The molecule has 5 nitrogen and oxygen atoms in total. The average molecular weight is 289 g/mol. The fourth-order valence-corrected chi connectivity index (χ4v) is 0. The van der Waals surface area contributed by atoms with Crippen LogP contribution in [0.3, 0.4) is 0 Å². The number of aliphatic carboxylic acids is 1. The molecule has 0 unspecified atom stereocenters. The minimum absolute atomic E-state index is 0. The average Bonchev–Trinajstić information content (AvgIpc) is 0.811. The minimum Gasteiger partial charge on any atom is -0.481 e. The van der Waals surface area contributed by atoms with Gasteiger partial charge in [-0.05, 0) is 0 Å². The molecule has 0 saturated heterocycles. The maximum absolute atomic E-state index is 9.00. The van der Waals surface area contributed by atoms with E-state index in [9.17, 15) is 0 Å². The molecule has 0 aliphatic heterocycles. The molecule has 0 atom stereocenters. The summed E-state index contributed by atoms with van der Waals surface area (Å²) in [5.41, 5.74) is 0. The molecule has 0 aliphatic carbocycles. The molecule has 0 fully saturated rings. The number of carboxylic acid groups (broad SMARTS) is 1. The summed E-state index contributed by atoms with van der Waals surface area (Å²) in [6.07, 6.45) is 0. The number of hydrogen-bond donors (Lipinski definition) is 1. The molecular formula is C2H10LuO5. The molecule has 0 spiro atoms. The van der Waals surface area contributed by atoms with Crippen LogP contribution < -0.4 is 0 Å². The molecule has 6 heteroatoms. The van der Waals surface area contributed by atoms with Gasteiger partial charge in [0, 0.05) is 43.8 Å². The predicted octanol–water partition coefficient (Wildman–Crippen LogP) is -2.38. The molecule has 1 radical (unpaired) electrons. The quantitative estimate of drug-likeness (QED) is 0.533. The standard InChI is InChI=1S/C2H4O2.Lu.3H2O/c1-2(3)4;;;;/h1H3,(H,3,4);;3*1H2. The third kappa shape index (κ3) is 602. The van der Waals surface area contributed by atoms with E-state index < -0.39 is 5.97 Å². The summed E-state index contributed by atoms with van der Waals surface area (Å²) in [7, 11) is 0. The van der Waals surface area contributed by atoms with Crippen molar-refractivity contribution >= 4 is 5.97 Å². The molecule has 0 heterocycles. The fraction of sp³-hybridized carbons (Fsp3) is 0.500. The Bertz CT molecular complexity index is 33.4. The van der Waals surface area contributed by atoms with Gasteiger partial charge in [0.05, 0.1) is 0 Å². The van der Waals surface area contributed by atoms with E-state index in [2.05, 4.69) is 0 Å². The van der Waals surface area contributed by atoms with E-state index in [1.165, 1.54) is 0 Å². The second kappa shape index (κ2) is 25.6. The van der Waals surface area contributed by atoms with Crippen molar-refractivity contribution < 1.29 is 63.2 Å². The second-order valence-electron chi connectivity index (χ2n) is 0.519. The third-order valence-electron chi connectivity index (χ3n) is 0. The van der Waals surface area contributed by atoms with E-state index >= 15 is 0 Å². The Labute approximate surface area is 75.8 Å². The molecule has 0 aromatic rings. The summed E-state index contributed by atoms with van der Waals surface area (Å²) in [6.45, 7) is 1.08. The zero-order valence-corrected chi connectivity index (χ0v) is 5.77. The summed E-state index contributed by atoms with van der Waals surface area (Å²) in [5.74, 6) is -0.833. The first-order valence-corrected chi connectivity index (χ1v) is 0.928. The molecule has 63 valence electrons. The van der Waals surface area contributed by atoms with Crippen LogP contribution in [-0.4, -0.2) is 27.5 Å². The van der Waals surface area contributed by atoms with Gasteiger partial charge in [0.15, 0.2) is 0 Å². The molecule has 0 aromatic carbocycles. The molecule has 8 heavy (non-hydrogen) atoms. The number of rotatable bonds is 0. The van der Waals surface area contributed by atoms with E-state index in [0.717, 1.165) is 6.92 Å². The van der Waals surface area contributed by atoms with E-state index in [-0.39, 0.29) is 53.3 Å². The van der Waals surface area contributed by atoms with Crippen LogP contribution >= 0.6 is 0 Å². The smallest absolute Gasteiger partial charge is 0.300 e. The molecule has 0 rings (SSSR count). The molecule has 0 saturated carbocycles. The van der Waals surface area contributed by atoms with Gasteiger partial charge in [-0.1, -0.05) is 0 Å². The van der Waals surface area contributed by atoms with Gasteiger partial charge in [0.1, 0.15) is 0 Å². The van der Waals surface area contributed by atoms with E-state index in [1.54, 1.807) is 0 Å². The van der Waals surface area contributed by atoms with Crippen LogP contribution in [0.4, 0.5) is 0 Å². The van der Waals surface area contributed by atoms with E-state index in [4.69, 9.17) is 9.90 Å². The summed E-state index contributed by atoms with van der Waals surface area (Å²) < 4.78 is 0. The van der Waals surface area contributed by atoms with Crippen LogP contribution in [0.5, 0.6) is 0 Å². The molecule has 0 aliphatic rings. The fourth-order valence-electron chi connectivity index (χ4n) is 0. The molecular weight excluding hydrogens is 279 g/mol. The van der Waals surface area contributed by atoms with Gasteiger partial charge in [-0.3, -0.25) is 4.79 Å². The van der Waals surface area contributed by atoms with Gasteiger partial charge in [0.2, 0.25) is 0 Å². The molecule has 7 N–H and O–H groups in total. The van der Waals surface area contributed by atoms with Crippen molar-refractivity contribution in [3.63, 3.8) is 0 Å². The Hall–Kier alpha value is 0.584. The summed E-state index contributed by atoms with van der Waals surface area (Å²) in [6, 6.07) is 0. The Morgan fingerprint density at radius 1 is 1.25 bits per heavy atom. The van der Waals surface area contributed by atoms with Crippen LogP contribution in [0.1, 0.15) is 6.92 Å². The summed E-state index contributed by atoms with van der Waals surface area (Å²) in [5, 5.41) is 7.42. The molecule has 0 bridgehead atoms. The van der Waals surface area contributed by atoms with E-state index in [1.807, 2.05) is 0 Å². The van der Waals surface area contributed by atoms with Crippen molar-refractivity contribution in [1.82, 2.24) is 0 Å². The predicted molar refractivity (Wildman–Crippen MR) is 24.2 cm³/mol. The Morgan fingerprint density at radius 2 is 1.25 bits per heavy atom. The van der Waals surface area contributed by atoms with Gasteiger partial charge in [0.25, 0.3) is 5.97 Å². The first-order valence-electron chi connectivity index (χ1n) is 0.928.